The predicted molar refractivity (Wildman–Crippen MR) is 70.0 cm³/mol. The largest absolute Gasteiger partial charge is 0.476 e. The molecule has 0 fully saturated rings. The second-order valence-corrected chi connectivity index (χ2v) is 4.12. The minimum Gasteiger partial charge on any atom is -0.476 e. The lowest BCUT2D eigenvalue weighted by molar-refractivity contribution is 0.252. The first-order chi connectivity index (χ1) is 8.69. The monoisotopic (exact) mass is 246 g/mol. The van der Waals surface area contributed by atoms with E-state index in [9.17, 15) is 0 Å². The molecule has 0 aliphatic heterocycles. The van der Waals surface area contributed by atoms with Crippen LogP contribution in [0.2, 0.25) is 0 Å². The maximum absolute atomic E-state index is 8.80. The van der Waals surface area contributed by atoms with Gasteiger partial charge in [-0.2, -0.15) is 5.26 Å². The normalized spacial score (nSPS) is 12.8. The summed E-state index contributed by atoms with van der Waals surface area (Å²) in [7, 11) is 0. The molecule has 1 unspecified atom stereocenters. The molecule has 1 N–H and O–H groups in total. The summed E-state index contributed by atoms with van der Waals surface area (Å²) in [5.41, 5.74) is 1.86. The van der Waals surface area contributed by atoms with Crippen LogP contribution in [0, 0.1) is 11.3 Å². The van der Waals surface area contributed by atoms with E-state index in [4.69, 9.17) is 15.2 Å². The zero-order chi connectivity index (χ0) is 13.4. The molecule has 0 aliphatic carbocycles. The van der Waals surface area contributed by atoms with Gasteiger partial charge >= 0.3 is 0 Å². The third-order valence-corrected chi connectivity index (χ3v) is 2.66. The van der Waals surface area contributed by atoms with Gasteiger partial charge in [0.15, 0.2) is 6.10 Å². The van der Waals surface area contributed by atoms with Gasteiger partial charge in [0, 0.05) is 0 Å². The SMILES string of the molecule is CCC(C#N)Oc1ccc(CCC(C)=NO)cc1. The molecule has 0 aromatic heterocycles. The lowest BCUT2D eigenvalue weighted by Gasteiger charge is -2.10. The van der Waals surface area contributed by atoms with Crippen LogP contribution in [0.25, 0.3) is 0 Å². The topological polar surface area (TPSA) is 65.6 Å². The fraction of sp³-hybridized carbons (Fsp3) is 0.429. The standard InChI is InChI=1S/C14H18N2O2/c1-3-13(10-15)18-14-8-6-12(7-9-14)5-4-11(2)16-17/h6-9,13,17H,3-5H2,1-2H3. The molecule has 1 aromatic carbocycles. The highest BCUT2D eigenvalue weighted by Gasteiger charge is 2.05. The molecule has 4 nitrogen and oxygen atoms in total. The highest BCUT2D eigenvalue weighted by Crippen LogP contribution is 2.15. The molecule has 0 heterocycles. The van der Waals surface area contributed by atoms with E-state index in [0.29, 0.717) is 17.9 Å². The van der Waals surface area contributed by atoms with Gasteiger partial charge in [0.2, 0.25) is 0 Å². The van der Waals surface area contributed by atoms with Crippen LogP contribution >= 0.6 is 0 Å². The van der Waals surface area contributed by atoms with Gasteiger partial charge in [-0.15, -0.1) is 0 Å². The van der Waals surface area contributed by atoms with Crippen molar-refractivity contribution >= 4 is 5.71 Å². The molecule has 0 saturated carbocycles. The van der Waals surface area contributed by atoms with Crippen LogP contribution < -0.4 is 4.74 Å². The minimum atomic E-state index is -0.389. The lowest BCUT2D eigenvalue weighted by atomic mass is 10.1. The number of benzene rings is 1. The third-order valence-electron chi connectivity index (χ3n) is 2.66. The fourth-order valence-corrected chi connectivity index (χ4v) is 1.48. The lowest BCUT2D eigenvalue weighted by Crippen LogP contribution is -2.12. The molecule has 0 radical (unpaired) electrons. The summed E-state index contributed by atoms with van der Waals surface area (Å²) in [5, 5.41) is 20.5. The first-order valence-corrected chi connectivity index (χ1v) is 6.02. The first kappa shape index (κ1) is 14.0. The molecule has 1 aromatic rings. The molecule has 0 amide bonds. The Hall–Kier alpha value is -2.02. The van der Waals surface area contributed by atoms with Gasteiger partial charge in [-0.25, -0.2) is 0 Å². The van der Waals surface area contributed by atoms with Gasteiger partial charge in [0.25, 0.3) is 0 Å². The van der Waals surface area contributed by atoms with Crippen LogP contribution in [0.5, 0.6) is 5.75 Å². The molecule has 0 saturated heterocycles. The van der Waals surface area contributed by atoms with Crippen molar-refractivity contribution in [3.63, 3.8) is 0 Å². The van der Waals surface area contributed by atoms with Gasteiger partial charge in [-0.1, -0.05) is 24.2 Å². The number of ether oxygens (including phenoxy) is 1. The van der Waals surface area contributed by atoms with E-state index in [0.717, 1.165) is 18.4 Å². The van der Waals surface area contributed by atoms with Gasteiger partial charge < -0.3 is 9.94 Å². The number of rotatable bonds is 6. The van der Waals surface area contributed by atoms with Gasteiger partial charge in [-0.05, 0) is 43.9 Å². The highest BCUT2D eigenvalue weighted by molar-refractivity contribution is 5.81. The Morgan fingerprint density at radius 2 is 2.11 bits per heavy atom. The first-order valence-electron chi connectivity index (χ1n) is 6.02. The van der Waals surface area contributed by atoms with Crippen molar-refractivity contribution in [1.29, 1.82) is 5.26 Å². The maximum atomic E-state index is 8.80. The van der Waals surface area contributed by atoms with Crippen LogP contribution in [0.4, 0.5) is 0 Å². The number of oxime groups is 1. The summed E-state index contributed by atoms with van der Waals surface area (Å²) in [6, 6.07) is 9.75. The van der Waals surface area contributed by atoms with E-state index in [1.54, 1.807) is 6.92 Å². The average molecular weight is 246 g/mol. The van der Waals surface area contributed by atoms with Crippen molar-refractivity contribution in [2.75, 3.05) is 0 Å². The Labute approximate surface area is 108 Å². The quantitative estimate of drug-likeness (QED) is 0.476. The smallest absolute Gasteiger partial charge is 0.184 e. The zero-order valence-corrected chi connectivity index (χ0v) is 10.8. The van der Waals surface area contributed by atoms with E-state index in [1.807, 2.05) is 31.2 Å². The zero-order valence-electron chi connectivity index (χ0n) is 10.8. The van der Waals surface area contributed by atoms with Crippen LogP contribution in [0.1, 0.15) is 32.3 Å². The number of aryl methyl sites for hydroxylation is 1. The molecule has 0 aliphatic rings. The van der Waals surface area contributed by atoms with Gasteiger partial charge in [0.05, 0.1) is 5.71 Å². The Bertz CT molecular complexity index is 432. The van der Waals surface area contributed by atoms with E-state index in [1.165, 1.54) is 0 Å². The van der Waals surface area contributed by atoms with E-state index < -0.39 is 0 Å². The number of hydrogen-bond donors (Lipinski definition) is 1. The highest BCUT2D eigenvalue weighted by atomic mass is 16.5. The minimum absolute atomic E-state index is 0.389. The van der Waals surface area contributed by atoms with Crippen LogP contribution in [0.15, 0.2) is 29.4 Å². The molecule has 0 spiro atoms. The molecule has 0 bridgehead atoms. The Kier molecular flexibility index (Phi) is 5.72. The van der Waals surface area contributed by atoms with Crippen molar-refractivity contribution in [2.45, 2.75) is 39.2 Å². The van der Waals surface area contributed by atoms with E-state index in [2.05, 4.69) is 11.2 Å². The van der Waals surface area contributed by atoms with Crippen LogP contribution in [-0.2, 0) is 6.42 Å². The molecule has 1 atom stereocenters. The van der Waals surface area contributed by atoms with Crippen molar-refractivity contribution in [3.8, 4) is 11.8 Å². The molecule has 4 heteroatoms. The van der Waals surface area contributed by atoms with Crippen molar-refractivity contribution in [2.24, 2.45) is 5.16 Å². The van der Waals surface area contributed by atoms with E-state index in [-0.39, 0.29) is 6.10 Å². The van der Waals surface area contributed by atoms with Gasteiger partial charge in [0.1, 0.15) is 11.8 Å². The second kappa shape index (κ2) is 7.33. The van der Waals surface area contributed by atoms with Crippen molar-refractivity contribution in [1.82, 2.24) is 0 Å². The summed E-state index contributed by atoms with van der Waals surface area (Å²) in [6.07, 6.45) is 1.84. The predicted octanol–water partition coefficient (Wildman–Crippen LogP) is 3.15. The van der Waals surface area contributed by atoms with Crippen LogP contribution in [0.3, 0.4) is 0 Å². The summed E-state index contributed by atoms with van der Waals surface area (Å²) < 4.78 is 5.49. The third kappa shape index (κ3) is 4.46. The van der Waals surface area contributed by atoms with Crippen molar-refractivity contribution < 1.29 is 9.94 Å². The Morgan fingerprint density at radius 1 is 1.44 bits per heavy atom. The molecule has 1 rings (SSSR count). The second-order valence-electron chi connectivity index (χ2n) is 4.12. The molecular weight excluding hydrogens is 228 g/mol. The van der Waals surface area contributed by atoms with Crippen molar-refractivity contribution in [3.05, 3.63) is 29.8 Å². The maximum Gasteiger partial charge on any atom is 0.184 e. The summed E-state index contributed by atoms with van der Waals surface area (Å²) >= 11 is 0. The summed E-state index contributed by atoms with van der Waals surface area (Å²) in [4.78, 5) is 0. The van der Waals surface area contributed by atoms with E-state index >= 15 is 0 Å². The summed E-state index contributed by atoms with van der Waals surface area (Å²) in [6.45, 7) is 3.70. The number of nitriles is 1. The fourth-order valence-electron chi connectivity index (χ4n) is 1.48. The molecule has 18 heavy (non-hydrogen) atoms. The number of nitrogens with zero attached hydrogens (tertiary/aromatic N) is 2. The Balaban J connectivity index is 2.55. The Morgan fingerprint density at radius 3 is 2.61 bits per heavy atom. The number of hydrogen-bond acceptors (Lipinski definition) is 4. The molecular formula is C14H18N2O2. The summed E-state index contributed by atoms with van der Waals surface area (Å²) in [5.74, 6) is 0.708. The average Bonchev–Trinajstić information content (AvgIpc) is 2.43. The molecule has 96 valence electrons. The van der Waals surface area contributed by atoms with Crippen LogP contribution in [-0.4, -0.2) is 17.0 Å². The van der Waals surface area contributed by atoms with Gasteiger partial charge in [-0.3, -0.25) is 0 Å².